The van der Waals surface area contributed by atoms with Gasteiger partial charge in [-0.25, -0.2) is 4.79 Å². The zero-order valence-corrected chi connectivity index (χ0v) is 19.4. The molecule has 5 heteroatoms. The lowest BCUT2D eigenvalue weighted by Gasteiger charge is -2.19. The van der Waals surface area contributed by atoms with E-state index in [2.05, 4.69) is 20.4 Å². The molecule has 29 heavy (non-hydrogen) atoms. The van der Waals surface area contributed by atoms with E-state index < -0.39 is 5.97 Å². The van der Waals surface area contributed by atoms with Crippen LogP contribution in [0.15, 0.2) is 46.2 Å². The molecule has 0 aliphatic rings. The second-order valence-electron chi connectivity index (χ2n) is 7.16. The molecule has 0 saturated heterocycles. The summed E-state index contributed by atoms with van der Waals surface area (Å²) in [6.45, 7) is 9.74. The number of benzene rings is 2. The molecule has 0 spiro atoms. The Kier molecular flexibility index (Phi) is 9.95. The average Bonchev–Trinajstić information content (AvgIpc) is 2.72. The molecule has 0 radical (unpaired) electrons. The van der Waals surface area contributed by atoms with Gasteiger partial charge in [-0.2, -0.15) is 0 Å². The SMILES string of the molecule is C=C(C)C(=O)Oc1c(SCCCCC)c(SCCCCC)c(O)c2ccccc12. The van der Waals surface area contributed by atoms with Crippen LogP contribution in [0, 0.1) is 0 Å². The third kappa shape index (κ3) is 6.45. The van der Waals surface area contributed by atoms with Gasteiger partial charge in [0.1, 0.15) is 5.75 Å². The molecule has 0 aromatic heterocycles. The standard InChI is InChI=1S/C24H32O3S2/c1-5-7-11-15-28-22-20(25)18-13-9-10-14-19(18)21(27-24(26)17(3)4)23(22)29-16-12-8-6-2/h9-10,13-14,25H,3,5-8,11-12,15-16H2,1-2,4H3. The fraction of sp³-hybridized carbons (Fsp3) is 0.458. The molecule has 158 valence electrons. The fourth-order valence-electron chi connectivity index (χ4n) is 2.94. The first kappa shape index (κ1) is 23.7. The Bertz CT molecular complexity index is 846. The summed E-state index contributed by atoms with van der Waals surface area (Å²) < 4.78 is 5.82. The largest absolute Gasteiger partial charge is 0.506 e. The fourth-order valence-corrected chi connectivity index (χ4v) is 5.38. The zero-order valence-electron chi connectivity index (χ0n) is 17.8. The molecule has 2 rings (SSSR count). The lowest BCUT2D eigenvalue weighted by molar-refractivity contribution is -0.130. The number of unbranched alkanes of at least 4 members (excludes halogenated alkanes) is 4. The Morgan fingerprint density at radius 3 is 2.07 bits per heavy atom. The third-order valence-corrected chi connectivity index (χ3v) is 7.07. The summed E-state index contributed by atoms with van der Waals surface area (Å²) in [5, 5.41) is 12.5. The number of phenolic OH excluding ortho intramolecular Hbond substituents is 1. The van der Waals surface area contributed by atoms with E-state index >= 15 is 0 Å². The van der Waals surface area contributed by atoms with Gasteiger partial charge in [0.25, 0.3) is 0 Å². The van der Waals surface area contributed by atoms with Crippen LogP contribution in [0.1, 0.15) is 59.3 Å². The summed E-state index contributed by atoms with van der Waals surface area (Å²) in [7, 11) is 0. The minimum absolute atomic E-state index is 0.287. The van der Waals surface area contributed by atoms with Crippen molar-refractivity contribution in [3.8, 4) is 11.5 Å². The minimum atomic E-state index is -0.432. The maximum absolute atomic E-state index is 12.4. The maximum atomic E-state index is 12.4. The molecule has 0 aliphatic carbocycles. The van der Waals surface area contributed by atoms with Crippen molar-refractivity contribution in [2.45, 2.75) is 69.1 Å². The number of rotatable bonds is 12. The van der Waals surface area contributed by atoms with Gasteiger partial charge in [0, 0.05) is 16.3 Å². The van der Waals surface area contributed by atoms with Gasteiger partial charge in [-0.05, 0) is 31.3 Å². The normalized spacial score (nSPS) is 11.0. The number of fused-ring (bicyclic) bond motifs is 1. The second-order valence-corrected chi connectivity index (χ2v) is 9.37. The van der Waals surface area contributed by atoms with E-state index in [-0.39, 0.29) is 5.75 Å². The van der Waals surface area contributed by atoms with Gasteiger partial charge in [-0.1, -0.05) is 70.4 Å². The van der Waals surface area contributed by atoms with Crippen LogP contribution < -0.4 is 4.74 Å². The molecule has 0 unspecified atom stereocenters. The average molecular weight is 433 g/mol. The van der Waals surface area contributed by atoms with Crippen molar-refractivity contribution in [3.63, 3.8) is 0 Å². The van der Waals surface area contributed by atoms with Crippen LogP contribution in [0.5, 0.6) is 11.5 Å². The first-order chi connectivity index (χ1) is 14.0. The molecule has 0 fully saturated rings. The lowest BCUT2D eigenvalue weighted by atomic mass is 10.1. The molecular formula is C24H32O3S2. The molecule has 0 aliphatic heterocycles. The van der Waals surface area contributed by atoms with Gasteiger partial charge in [0.2, 0.25) is 0 Å². The number of aromatic hydroxyl groups is 1. The molecule has 2 aromatic carbocycles. The highest BCUT2D eigenvalue weighted by Gasteiger charge is 2.23. The summed E-state index contributed by atoms with van der Waals surface area (Å²) in [5.41, 5.74) is 0.362. The summed E-state index contributed by atoms with van der Waals surface area (Å²) in [4.78, 5) is 14.1. The van der Waals surface area contributed by atoms with Gasteiger partial charge >= 0.3 is 5.97 Å². The summed E-state index contributed by atoms with van der Waals surface area (Å²) in [6, 6.07) is 7.58. The van der Waals surface area contributed by atoms with Gasteiger partial charge in [-0.3, -0.25) is 0 Å². The zero-order chi connectivity index (χ0) is 21.2. The quantitative estimate of drug-likeness (QED) is 0.123. The predicted octanol–water partition coefficient (Wildman–Crippen LogP) is 7.59. The number of esters is 1. The Balaban J connectivity index is 2.53. The van der Waals surface area contributed by atoms with Crippen LogP contribution in [0.4, 0.5) is 0 Å². The van der Waals surface area contributed by atoms with Gasteiger partial charge in [-0.15, -0.1) is 23.5 Å². The van der Waals surface area contributed by atoms with Crippen molar-refractivity contribution in [1.29, 1.82) is 0 Å². The first-order valence-electron chi connectivity index (χ1n) is 10.4. The van der Waals surface area contributed by atoms with E-state index in [0.717, 1.165) is 65.2 Å². The van der Waals surface area contributed by atoms with Crippen molar-refractivity contribution in [2.75, 3.05) is 11.5 Å². The number of thioether (sulfide) groups is 2. The number of hydrogen-bond acceptors (Lipinski definition) is 5. The number of ether oxygens (including phenoxy) is 1. The van der Waals surface area contributed by atoms with E-state index in [4.69, 9.17) is 4.74 Å². The molecule has 1 N–H and O–H groups in total. The van der Waals surface area contributed by atoms with E-state index in [0.29, 0.717) is 16.7 Å². The van der Waals surface area contributed by atoms with Crippen LogP contribution >= 0.6 is 23.5 Å². The van der Waals surface area contributed by atoms with E-state index in [1.807, 2.05) is 24.3 Å². The Labute approximate surface area is 183 Å². The number of carbonyl (C=O) groups is 1. The second kappa shape index (κ2) is 12.2. The van der Waals surface area contributed by atoms with Crippen molar-refractivity contribution in [1.82, 2.24) is 0 Å². The first-order valence-corrected chi connectivity index (χ1v) is 12.4. The van der Waals surface area contributed by atoms with Crippen LogP contribution in [0.2, 0.25) is 0 Å². The molecular weight excluding hydrogens is 400 g/mol. The molecule has 0 amide bonds. The Hall–Kier alpha value is -1.59. The van der Waals surface area contributed by atoms with Gasteiger partial charge in [0.15, 0.2) is 5.75 Å². The Morgan fingerprint density at radius 2 is 1.52 bits per heavy atom. The van der Waals surface area contributed by atoms with Gasteiger partial charge in [0.05, 0.1) is 9.79 Å². The predicted molar refractivity (Wildman–Crippen MR) is 127 cm³/mol. The molecule has 0 saturated carbocycles. The molecule has 0 atom stereocenters. The number of hydrogen-bond donors (Lipinski definition) is 1. The van der Waals surface area contributed by atoms with Crippen LogP contribution in [0.25, 0.3) is 10.8 Å². The Morgan fingerprint density at radius 1 is 0.966 bits per heavy atom. The third-order valence-electron chi connectivity index (χ3n) is 4.59. The summed E-state index contributed by atoms with van der Waals surface area (Å²) >= 11 is 3.33. The minimum Gasteiger partial charge on any atom is -0.506 e. The highest BCUT2D eigenvalue weighted by Crippen LogP contribution is 2.50. The molecule has 2 aromatic rings. The molecule has 0 bridgehead atoms. The van der Waals surface area contributed by atoms with Crippen LogP contribution in [-0.4, -0.2) is 22.6 Å². The highest BCUT2D eigenvalue weighted by molar-refractivity contribution is 8.02. The van der Waals surface area contributed by atoms with Crippen LogP contribution in [0.3, 0.4) is 0 Å². The van der Waals surface area contributed by atoms with Gasteiger partial charge < -0.3 is 9.84 Å². The van der Waals surface area contributed by atoms with Crippen molar-refractivity contribution >= 4 is 40.3 Å². The molecule has 3 nitrogen and oxygen atoms in total. The van der Waals surface area contributed by atoms with Crippen LogP contribution in [-0.2, 0) is 4.79 Å². The van der Waals surface area contributed by atoms with E-state index in [1.165, 1.54) is 0 Å². The van der Waals surface area contributed by atoms with Crippen molar-refractivity contribution in [3.05, 3.63) is 36.4 Å². The molecule has 0 heterocycles. The smallest absolute Gasteiger partial charge is 0.338 e. The summed E-state index contributed by atoms with van der Waals surface area (Å²) in [5.74, 6) is 2.25. The van der Waals surface area contributed by atoms with Crippen molar-refractivity contribution < 1.29 is 14.6 Å². The maximum Gasteiger partial charge on any atom is 0.338 e. The lowest BCUT2D eigenvalue weighted by Crippen LogP contribution is -2.10. The number of carbonyl (C=O) groups excluding carboxylic acids is 1. The van der Waals surface area contributed by atoms with E-state index in [9.17, 15) is 9.90 Å². The topological polar surface area (TPSA) is 46.5 Å². The summed E-state index contributed by atoms with van der Waals surface area (Å²) in [6.07, 6.45) is 6.81. The van der Waals surface area contributed by atoms with Crippen molar-refractivity contribution in [2.24, 2.45) is 0 Å². The highest BCUT2D eigenvalue weighted by atomic mass is 32.2. The monoisotopic (exact) mass is 432 g/mol. The number of phenols is 1. The van der Waals surface area contributed by atoms with E-state index in [1.54, 1.807) is 30.4 Å².